The molecule has 6 atom stereocenters. The molecule has 1 spiro atoms. The molecular formula is C28H30N2O3. The fraction of sp³-hybridized carbons (Fsp3) is 0.464. The first-order valence-electron chi connectivity index (χ1n) is 11.9. The van der Waals surface area contributed by atoms with Gasteiger partial charge in [-0.2, -0.15) is 5.26 Å². The van der Waals surface area contributed by atoms with Gasteiger partial charge in [0.2, 0.25) is 0 Å². The summed E-state index contributed by atoms with van der Waals surface area (Å²) in [5, 5.41) is 10.2. The molecule has 2 aliphatic carbocycles. The molecular weight excluding hydrogens is 412 g/mol. The van der Waals surface area contributed by atoms with Crippen LogP contribution in [0.2, 0.25) is 0 Å². The van der Waals surface area contributed by atoms with Gasteiger partial charge in [0.15, 0.2) is 11.5 Å². The van der Waals surface area contributed by atoms with Crippen molar-refractivity contribution in [2.24, 2.45) is 11.8 Å². The number of methoxy groups -OCH3 is 1. The third-order valence-electron chi connectivity index (χ3n) is 8.89. The van der Waals surface area contributed by atoms with Crippen molar-refractivity contribution in [2.45, 2.75) is 49.0 Å². The van der Waals surface area contributed by atoms with Crippen molar-refractivity contribution < 1.29 is 14.2 Å². The molecule has 170 valence electrons. The van der Waals surface area contributed by atoms with E-state index in [4.69, 9.17) is 14.2 Å². The minimum absolute atomic E-state index is 0.191. The first-order valence-corrected chi connectivity index (χ1v) is 11.9. The van der Waals surface area contributed by atoms with Crippen molar-refractivity contribution in [3.63, 3.8) is 0 Å². The second-order valence-corrected chi connectivity index (χ2v) is 10.0. The van der Waals surface area contributed by atoms with Gasteiger partial charge in [-0.15, -0.1) is 6.58 Å². The fourth-order valence-corrected chi connectivity index (χ4v) is 7.35. The van der Waals surface area contributed by atoms with Gasteiger partial charge in [0, 0.05) is 24.1 Å². The normalized spacial score (nSPS) is 35.8. The minimum atomic E-state index is -0.851. The molecule has 2 aromatic rings. The lowest BCUT2D eigenvalue weighted by molar-refractivity contribution is -0.166. The summed E-state index contributed by atoms with van der Waals surface area (Å²) < 4.78 is 19.4. The predicted molar refractivity (Wildman–Crippen MR) is 125 cm³/mol. The van der Waals surface area contributed by atoms with Crippen LogP contribution in [0, 0.1) is 23.2 Å². The van der Waals surface area contributed by atoms with Gasteiger partial charge in [-0.25, -0.2) is 0 Å². The van der Waals surface area contributed by atoms with E-state index in [0.29, 0.717) is 18.6 Å². The maximum atomic E-state index is 10.2. The lowest BCUT2D eigenvalue weighted by Gasteiger charge is -2.62. The van der Waals surface area contributed by atoms with E-state index in [1.807, 2.05) is 24.3 Å². The van der Waals surface area contributed by atoms with E-state index in [1.54, 1.807) is 7.11 Å². The molecule has 5 nitrogen and oxygen atoms in total. The highest BCUT2D eigenvalue weighted by Gasteiger charge is 2.71. The number of rotatable bonds is 5. The molecule has 0 amide bonds. The third kappa shape index (κ3) is 2.60. The first kappa shape index (κ1) is 20.8. The lowest BCUT2D eigenvalue weighted by atomic mass is 9.47. The Kier molecular flexibility index (Phi) is 4.62. The van der Waals surface area contributed by atoms with Crippen molar-refractivity contribution in [2.75, 3.05) is 20.7 Å². The topological polar surface area (TPSA) is 54.7 Å². The fourth-order valence-electron chi connectivity index (χ4n) is 7.35. The van der Waals surface area contributed by atoms with Gasteiger partial charge in [-0.3, -0.25) is 0 Å². The van der Waals surface area contributed by atoms with Crippen LogP contribution in [0.25, 0.3) is 0 Å². The average molecular weight is 443 g/mol. The van der Waals surface area contributed by atoms with Gasteiger partial charge in [-0.1, -0.05) is 42.5 Å². The number of ether oxygens (including phenoxy) is 3. The summed E-state index contributed by atoms with van der Waals surface area (Å²) in [4.78, 5) is 2.48. The van der Waals surface area contributed by atoms with E-state index in [9.17, 15) is 5.26 Å². The Morgan fingerprint density at radius 1 is 1.27 bits per heavy atom. The van der Waals surface area contributed by atoms with Gasteiger partial charge in [0.05, 0.1) is 12.0 Å². The third-order valence-corrected chi connectivity index (χ3v) is 8.89. The van der Waals surface area contributed by atoms with E-state index in [0.717, 1.165) is 42.9 Å². The Bertz CT molecular complexity index is 1140. The zero-order valence-corrected chi connectivity index (χ0v) is 19.3. The smallest absolute Gasteiger partial charge is 0.166 e. The molecule has 0 aromatic heterocycles. The van der Waals surface area contributed by atoms with Crippen molar-refractivity contribution >= 4 is 0 Å². The van der Waals surface area contributed by atoms with E-state index in [1.165, 1.54) is 11.1 Å². The Morgan fingerprint density at radius 3 is 2.82 bits per heavy atom. The number of hydrogen-bond acceptors (Lipinski definition) is 5. The first-order chi connectivity index (χ1) is 16.1. The van der Waals surface area contributed by atoms with Crippen molar-refractivity contribution in [3.05, 3.63) is 71.8 Å². The van der Waals surface area contributed by atoms with Gasteiger partial charge in [0.1, 0.15) is 18.3 Å². The molecule has 6 rings (SSSR count). The summed E-state index contributed by atoms with van der Waals surface area (Å²) in [7, 11) is 3.91. The molecule has 2 heterocycles. The number of likely N-dealkylation sites (N-methyl/N-ethyl adjacent to an activating group) is 1. The zero-order valence-electron chi connectivity index (χ0n) is 19.3. The molecule has 2 bridgehead atoms. The maximum Gasteiger partial charge on any atom is 0.166 e. The van der Waals surface area contributed by atoms with Crippen LogP contribution in [0.5, 0.6) is 11.5 Å². The number of likely N-dealkylation sites (tertiary alicyclic amines) is 1. The van der Waals surface area contributed by atoms with E-state index < -0.39 is 5.60 Å². The van der Waals surface area contributed by atoms with Crippen molar-refractivity contribution in [1.82, 2.24) is 4.90 Å². The van der Waals surface area contributed by atoms with Crippen LogP contribution in [0.3, 0.4) is 0 Å². The molecule has 4 aliphatic rings. The van der Waals surface area contributed by atoms with Gasteiger partial charge in [-0.05, 0) is 56.0 Å². The van der Waals surface area contributed by atoms with Crippen LogP contribution >= 0.6 is 0 Å². The van der Waals surface area contributed by atoms with Gasteiger partial charge < -0.3 is 19.1 Å². The summed E-state index contributed by atoms with van der Waals surface area (Å²) in [5.41, 5.74) is 2.72. The largest absolute Gasteiger partial charge is 0.485 e. The van der Waals surface area contributed by atoms with Crippen LogP contribution in [0.4, 0.5) is 0 Å². The van der Waals surface area contributed by atoms with Crippen molar-refractivity contribution in [1.29, 1.82) is 5.26 Å². The molecule has 2 aliphatic heterocycles. The molecule has 5 heteroatoms. The molecule has 0 radical (unpaired) electrons. The number of hydrogen-bond donors (Lipinski definition) is 0. The second-order valence-electron chi connectivity index (χ2n) is 10.0. The number of nitrogens with zero attached hydrogens (tertiary/aromatic N) is 2. The highest BCUT2D eigenvalue weighted by Crippen LogP contribution is 2.67. The van der Waals surface area contributed by atoms with Crippen LogP contribution in [0.15, 0.2) is 55.1 Å². The minimum Gasteiger partial charge on any atom is -0.485 e. The summed E-state index contributed by atoms with van der Waals surface area (Å²) in [6.45, 7) is 5.62. The molecule has 33 heavy (non-hydrogen) atoms. The summed E-state index contributed by atoms with van der Waals surface area (Å²) in [6.07, 6.45) is 4.29. The average Bonchev–Trinajstić information content (AvgIpc) is 3.21. The summed E-state index contributed by atoms with van der Waals surface area (Å²) in [5.74, 6) is 1.66. The highest BCUT2D eigenvalue weighted by molar-refractivity contribution is 5.62. The van der Waals surface area contributed by atoms with E-state index >= 15 is 0 Å². The zero-order chi connectivity index (χ0) is 22.8. The number of piperidine rings is 1. The quantitative estimate of drug-likeness (QED) is 0.648. The summed E-state index contributed by atoms with van der Waals surface area (Å²) in [6, 6.07) is 17.4. The van der Waals surface area contributed by atoms with Crippen LogP contribution in [0.1, 0.15) is 29.5 Å². The molecule has 1 saturated heterocycles. The molecule has 2 fully saturated rings. The molecule has 1 saturated carbocycles. The predicted octanol–water partition coefficient (Wildman–Crippen LogP) is 4.26. The number of benzene rings is 2. The maximum absolute atomic E-state index is 10.2. The summed E-state index contributed by atoms with van der Waals surface area (Å²) >= 11 is 0. The highest BCUT2D eigenvalue weighted by atomic mass is 16.6. The Hall–Kier alpha value is -2.81. The van der Waals surface area contributed by atoms with Gasteiger partial charge >= 0.3 is 0 Å². The Balaban J connectivity index is 1.51. The molecule has 1 unspecified atom stereocenters. The van der Waals surface area contributed by atoms with Crippen LogP contribution < -0.4 is 9.47 Å². The van der Waals surface area contributed by atoms with E-state index in [-0.39, 0.29) is 17.4 Å². The lowest BCUT2D eigenvalue weighted by Crippen LogP contribution is -2.71. The second kappa shape index (κ2) is 7.35. The molecule has 0 N–H and O–H groups in total. The standard InChI is InChI=1S/C28H30N2O3/c1-4-28(31-3)20(16-29)15-21-22-14-19-10-11-23(32-17-18-8-6-5-7-9-18)25-24(19)27(21,26(28)33-25)12-13-30(22)2/h4-11,20-22,26H,1,12-15,17H2,2-3H3/t20-,21?,22+,26+,27-,28+/m0/s1. The van der Waals surface area contributed by atoms with E-state index in [2.05, 4.69) is 48.9 Å². The SMILES string of the molecule is C=C[C@@]1(OC)[C@H](C#N)CC2[C@H]3Cc4ccc(OCc5ccccc5)c5c4[C@@]2(CCN3C)[C@H]1O5. The Labute approximate surface area is 195 Å². The monoisotopic (exact) mass is 442 g/mol. The Morgan fingerprint density at radius 2 is 2.09 bits per heavy atom. The number of nitriles is 1. The van der Waals surface area contributed by atoms with Gasteiger partial charge in [0.25, 0.3) is 0 Å². The van der Waals surface area contributed by atoms with Crippen LogP contribution in [-0.2, 0) is 23.2 Å². The van der Waals surface area contributed by atoms with Crippen molar-refractivity contribution in [3.8, 4) is 17.6 Å². The molecule has 2 aromatic carbocycles. The van der Waals surface area contributed by atoms with Crippen LogP contribution in [-0.4, -0.2) is 43.3 Å².